The van der Waals surface area contributed by atoms with Crippen molar-refractivity contribution in [3.8, 4) is 0 Å². The predicted octanol–water partition coefficient (Wildman–Crippen LogP) is 1.82. The smallest absolute Gasteiger partial charge is 0.271 e. The molecule has 7 heteroatoms. The molecule has 2 aromatic rings. The molecule has 0 spiro atoms. The van der Waals surface area contributed by atoms with Crippen molar-refractivity contribution < 1.29 is 12.8 Å². The summed E-state index contributed by atoms with van der Waals surface area (Å²) < 4.78 is 40.8. The molecule has 122 valence electrons. The van der Waals surface area contributed by atoms with Crippen LogP contribution in [0.15, 0.2) is 52.3 Å². The number of aromatic nitrogens is 1. The molecule has 2 heterocycles. The standard InChI is InChI=1S/C16H17FN2O3S/c17-14-7-5-13(6-8-14)12-18-9-3-4-15(16(18)20)23(21,22)19-10-1-2-11-19/h3-9H,1-2,10-12H2. The highest BCUT2D eigenvalue weighted by Gasteiger charge is 2.29. The van der Waals surface area contributed by atoms with Gasteiger partial charge in [-0.05, 0) is 42.7 Å². The molecule has 5 nitrogen and oxygen atoms in total. The van der Waals surface area contributed by atoms with E-state index in [0.717, 1.165) is 18.4 Å². The number of hydrogen-bond acceptors (Lipinski definition) is 3. The van der Waals surface area contributed by atoms with Crippen LogP contribution in [-0.2, 0) is 16.6 Å². The van der Waals surface area contributed by atoms with Gasteiger partial charge in [0.25, 0.3) is 5.56 Å². The molecule has 0 bridgehead atoms. The van der Waals surface area contributed by atoms with E-state index in [9.17, 15) is 17.6 Å². The topological polar surface area (TPSA) is 59.4 Å². The molecule has 1 saturated heterocycles. The summed E-state index contributed by atoms with van der Waals surface area (Å²) in [6.45, 7) is 1.10. The molecular formula is C16H17FN2O3S. The molecule has 0 unspecified atom stereocenters. The van der Waals surface area contributed by atoms with E-state index < -0.39 is 15.6 Å². The Morgan fingerprint density at radius 3 is 2.35 bits per heavy atom. The number of sulfonamides is 1. The van der Waals surface area contributed by atoms with E-state index in [0.29, 0.717) is 13.1 Å². The minimum absolute atomic E-state index is 0.197. The summed E-state index contributed by atoms with van der Waals surface area (Å²) in [5.74, 6) is -0.355. The summed E-state index contributed by atoms with van der Waals surface area (Å²) in [7, 11) is -3.75. The minimum Gasteiger partial charge on any atom is -0.310 e. The Labute approximate surface area is 134 Å². The van der Waals surface area contributed by atoms with Crippen molar-refractivity contribution in [2.75, 3.05) is 13.1 Å². The zero-order chi connectivity index (χ0) is 16.4. The Bertz CT molecular complexity index is 854. The molecular weight excluding hydrogens is 319 g/mol. The molecule has 0 aliphatic carbocycles. The molecule has 0 atom stereocenters. The van der Waals surface area contributed by atoms with E-state index in [1.54, 1.807) is 18.2 Å². The van der Waals surface area contributed by atoms with Crippen LogP contribution in [-0.4, -0.2) is 30.4 Å². The van der Waals surface area contributed by atoms with Crippen LogP contribution in [0.1, 0.15) is 18.4 Å². The molecule has 1 aliphatic heterocycles. The van der Waals surface area contributed by atoms with Gasteiger partial charge in [-0.2, -0.15) is 4.31 Å². The van der Waals surface area contributed by atoms with Crippen LogP contribution in [0, 0.1) is 5.82 Å². The van der Waals surface area contributed by atoms with Gasteiger partial charge in [0, 0.05) is 19.3 Å². The van der Waals surface area contributed by atoms with Crippen LogP contribution in [0.25, 0.3) is 0 Å². The second-order valence-corrected chi connectivity index (χ2v) is 7.45. The molecule has 1 aromatic carbocycles. The van der Waals surface area contributed by atoms with Crippen molar-refractivity contribution in [2.24, 2.45) is 0 Å². The highest BCUT2D eigenvalue weighted by Crippen LogP contribution is 2.18. The summed E-state index contributed by atoms with van der Waals surface area (Å²) in [4.78, 5) is 12.3. The van der Waals surface area contributed by atoms with Crippen LogP contribution in [0.2, 0.25) is 0 Å². The minimum atomic E-state index is -3.75. The van der Waals surface area contributed by atoms with Crippen molar-refractivity contribution in [3.63, 3.8) is 0 Å². The molecule has 0 radical (unpaired) electrons. The summed E-state index contributed by atoms with van der Waals surface area (Å²) in [6, 6.07) is 8.66. The first-order valence-corrected chi connectivity index (χ1v) is 8.86. The fourth-order valence-corrected chi connectivity index (χ4v) is 4.30. The second kappa shape index (κ2) is 6.25. The molecule has 1 fully saturated rings. The van der Waals surface area contributed by atoms with Crippen LogP contribution < -0.4 is 5.56 Å². The Morgan fingerprint density at radius 1 is 1.04 bits per heavy atom. The van der Waals surface area contributed by atoms with Crippen molar-refractivity contribution in [1.82, 2.24) is 8.87 Å². The van der Waals surface area contributed by atoms with Gasteiger partial charge in [0.05, 0.1) is 6.54 Å². The Hall–Kier alpha value is -1.99. The average Bonchev–Trinajstić information content (AvgIpc) is 3.06. The number of rotatable bonds is 4. The lowest BCUT2D eigenvalue weighted by molar-refractivity contribution is 0.475. The number of pyridine rings is 1. The van der Waals surface area contributed by atoms with Crippen LogP contribution in [0.4, 0.5) is 4.39 Å². The number of nitrogens with zero attached hydrogens (tertiary/aromatic N) is 2. The van der Waals surface area contributed by atoms with Gasteiger partial charge in [-0.3, -0.25) is 4.79 Å². The first kappa shape index (κ1) is 15.9. The first-order chi connectivity index (χ1) is 11.0. The molecule has 23 heavy (non-hydrogen) atoms. The molecule has 0 saturated carbocycles. The van der Waals surface area contributed by atoms with E-state index in [2.05, 4.69) is 0 Å². The SMILES string of the molecule is O=c1c(S(=O)(=O)N2CCCC2)cccn1Cc1ccc(F)cc1. The fraction of sp³-hybridized carbons (Fsp3) is 0.312. The normalized spacial score (nSPS) is 15.9. The molecule has 0 N–H and O–H groups in total. The van der Waals surface area contributed by atoms with Gasteiger partial charge in [0.1, 0.15) is 10.7 Å². The maximum Gasteiger partial charge on any atom is 0.271 e. The predicted molar refractivity (Wildman–Crippen MR) is 84.2 cm³/mol. The van der Waals surface area contributed by atoms with Crippen molar-refractivity contribution in [1.29, 1.82) is 0 Å². The largest absolute Gasteiger partial charge is 0.310 e. The van der Waals surface area contributed by atoms with E-state index in [4.69, 9.17) is 0 Å². The molecule has 1 aromatic heterocycles. The van der Waals surface area contributed by atoms with Crippen LogP contribution in [0.5, 0.6) is 0 Å². The highest BCUT2D eigenvalue weighted by atomic mass is 32.2. The Morgan fingerprint density at radius 2 is 1.70 bits per heavy atom. The maximum atomic E-state index is 12.9. The second-order valence-electron chi connectivity index (χ2n) is 5.54. The monoisotopic (exact) mass is 336 g/mol. The van der Waals surface area contributed by atoms with Gasteiger partial charge in [0.2, 0.25) is 10.0 Å². The van der Waals surface area contributed by atoms with Gasteiger partial charge >= 0.3 is 0 Å². The Kier molecular flexibility index (Phi) is 4.32. The lowest BCUT2D eigenvalue weighted by atomic mass is 10.2. The molecule has 1 aliphatic rings. The summed E-state index contributed by atoms with van der Waals surface area (Å²) in [5, 5.41) is 0. The zero-order valence-corrected chi connectivity index (χ0v) is 13.3. The maximum absolute atomic E-state index is 12.9. The van der Waals surface area contributed by atoms with Gasteiger partial charge in [-0.25, -0.2) is 12.8 Å². The lowest BCUT2D eigenvalue weighted by Gasteiger charge is -2.16. The van der Waals surface area contributed by atoms with Crippen LogP contribution in [0.3, 0.4) is 0 Å². The third kappa shape index (κ3) is 3.20. The number of halogens is 1. The van der Waals surface area contributed by atoms with E-state index >= 15 is 0 Å². The van der Waals surface area contributed by atoms with Gasteiger partial charge in [-0.15, -0.1) is 0 Å². The van der Waals surface area contributed by atoms with Gasteiger partial charge in [-0.1, -0.05) is 12.1 Å². The van der Waals surface area contributed by atoms with E-state index in [1.807, 2.05) is 0 Å². The van der Waals surface area contributed by atoms with E-state index in [1.165, 1.54) is 33.3 Å². The fourth-order valence-electron chi connectivity index (χ4n) is 2.69. The summed E-state index contributed by atoms with van der Waals surface area (Å²) in [6.07, 6.45) is 3.17. The van der Waals surface area contributed by atoms with Crippen molar-refractivity contribution in [2.45, 2.75) is 24.3 Å². The zero-order valence-electron chi connectivity index (χ0n) is 12.5. The summed E-state index contributed by atoms with van der Waals surface area (Å²) in [5.41, 5.74) is 0.174. The van der Waals surface area contributed by atoms with Crippen molar-refractivity contribution in [3.05, 3.63) is 64.3 Å². The highest BCUT2D eigenvalue weighted by molar-refractivity contribution is 7.89. The number of hydrogen-bond donors (Lipinski definition) is 0. The van der Waals surface area contributed by atoms with Crippen molar-refractivity contribution >= 4 is 10.0 Å². The van der Waals surface area contributed by atoms with Gasteiger partial charge < -0.3 is 4.57 Å². The molecule has 0 amide bonds. The third-order valence-corrected chi connectivity index (χ3v) is 5.85. The average molecular weight is 336 g/mol. The first-order valence-electron chi connectivity index (χ1n) is 7.42. The lowest BCUT2D eigenvalue weighted by Crippen LogP contribution is -2.34. The number of benzene rings is 1. The van der Waals surface area contributed by atoms with E-state index in [-0.39, 0.29) is 17.3 Å². The van der Waals surface area contributed by atoms with Crippen LogP contribution >= 0.6 is 0 Å². The molecule has 3 rings (SSSR count). The third-order valence-electron chi connectivity index (χ3n) is 3.93. The Balaban J connectivity index is 1.95. The summed E-state index contributed by atoms with van der Waals surface area (Å²) >= 11 is 0. The quantitative estimate of drug-likeness (QED) is 0.856. The van der Waals surface area contributed by atoms with Gasteiger partial charge in [0.15, 0.2) is 0 Å².